The van der Waals surface area contributed by atoms with Gasteiger partial charge in [-0.15, -0.1) is 0 Å². The van der Waals surface area contributed by atoms with E-state index in [2.05, 4.69) is 10.6 Å². The van der Waals surface area contributed by atoms with Crippen LogP contribution in [0.2, 0.25) is 5.02 Å². The lowest BCUT2D eigenvalue weighted by Gasteiger charge is -2.14. The predicted octanol–water partition coefficient (Wildman–Crippen LogP) is 2.59. The molecule has 0 radical (unpaired) electrons. The van der Waals surface area contributed by atoms with Gasteiger partial charge < -0.3 is 15.7 Å². The minimum atomic E-state index is -0.916. The highest BCUT2D eigenvalue weighted by atomic mass is 35.5. The predicted molar refractivity (Wildman–Crippen MR) is 74.7 cm³/mol. The van der Waals surface area contributed by atoms with Crippen molar-refractivity contribution in [1.82, 2.24) is 5.32 Å². The molecule has 0 fully saturated rings. The maximum Gasteiger partial charge on any atom is 0.319 e. The first kappa shape index (κ1) is 15.8. The number of carboxylic acids is 1. The van der Waals surface area contributed by atoms with Gasteiger partial charge in [0, 0.05) is 17.5 Å². The van der Waals surface area contributed by atoms with E-state index in [0.717, 1.165) is 0 Å². The molecule has 106 valence electrons. The van der Waals surface area contributed by atoms with Gasteiger partial charge in [0.25, 0.3) is 0 Å². The van der Waals surface area contributed by atoms with Crippen molar-refractivity contribution in [3.05, 3.63) is 28.8 Å². The Morgan fingerprint density at radius 2 is 2.20 bits per heavy atom. The zero-order valence-corrected chi connectivity index (χ0v) is 11.6. The van der Waals surface area contributed by atoms with Crippen molar-refractivity contribution in [2.24, 2.45) is 0 Å². The fourth-order valence-corrected chi connectivity index (χ4v) is 1.68. The van der Waals surface area contributed by atoms with Crippen molar-refractivity contribution >= 4 is 29.3 Å². The zero-order valence-electron chi connectivity index (χ0n) is 10.8. The summed E-state index contributed by atoms with van der Waals surface area (Å²) in [5.74, 6) is -0.916. The molecule has 0 bridgehead atoms. The largest absolute Gasteiger partial charge is 0.481 e. The van der Waals surface area contributed by atoms with Crippen LogP contribution in [-0.2, 0) is 4.79 Å². The first-order valence-corrected chi connectivity index (χ1v) is 6.29. The molecule has 0 saturated heterocycles. The van der Waals surface area contributed by atoms with Gasteiger partial charge in [0.1, 0.15) is 6.07 Å². The quantitative estimate of drug-likeness (QED) is 0.777. The maximum atomic E-state index is 11.7. The van der Waals surface area contributed by atoms with Crippen molar-refractivity contribution in [1.29, 1.82) is 5.26 Å². The zero-order chi connectivity index (χ0) is 15.1. The first-order chi connectivity index (χ1) is 9.42. The van der Waals surface area contributed by atoms with Gasteiger partial charge in [0.15, 0.2) is 0 Å². The minimum absolute atomic E-state index is 0.0257. The van der Waals surface area contributed by atoms with E-state index in [0.29, 0.717) is 22.7 Å². The van der Waals surface area contributed by atoms with Crippen molar-refractivity contribution in [2.75, 3.05) is 5.32 Å². The minimum Gasteiger partial charge on any atom is -0.481 e. The highest BCUT2D eigenvalue weighted by Gasteiger charge is 2.11. The van der Waals surface area contributed by atoms with Gasteiger partial charge in [0.05, 0.1) is 11.3 Å². The Kier molecular flexibility index (Phi) is 5.81. The van der Waals surface area contributed by atoms with Crippen molar-refractivity contribution in [3.8, 4) is 6.07 Å². The normalized spacial score (nSPS) is 11.2. The third-order valence-electron chi connectivity index (χ3n) is 2.52. The van der Waals surface area contributed by atoms with Crippen LogP contribution in [-0.4, -0.2) is 23.1 Å². The lowest BCUT2D eigenvalue weighted by atomic mass is 10.2. The lowest BCUT2D eigenvalue weighted by Crippen LogP contribution is -2.36. The van der Waals surface area contributed by atoms with Gasteiger partial charge in [-0.05, 0) is 31.5 Å². The molecule has 1 atom stereocenters. The summed E-state index contributed by atoms with van der Waals surface area (Å²) in [7, 11) is 0. The number of carbonyl (C=O) groups excluding carboxylic acids is 1. The summed E-state index contributed by atoms with van der Waals surface area (Å²) < 4.78 is 0. The molecule has 0 aliphatic carbocycles. The van der Waals surface area contributed by atoms with E-state index in [9.17, 15) is 9.59 Å². The molecule has 1 aromatic carbocycles. The van der Waals surface area contributed by atoms with E-state index in [4.69, 9.17) is 22.0 Å². The fourth-order valence-electron chi connectivity index (χ4n) is 1.51. The second-order valence-electron chi connectivity index (χ2n) is 4.23. The third-order valence-corrected chi connectivity index (χ3v) is 2.75. The maximum absolute atomic E-state index is 11.7. The number of anilines is 1. The highest BCUT2D eigenvalue weighted by Crippen LogP contribution is 2.20. The summed E-state index contributed by atoms with van der Waals surface area (Å²) >= 11 is 5.80. The summed E-state index contributed by atoms with van der Waals surface area (Å²) in [4.78, 5) is 22.1. The monoisotopic (exact) mass is 295 g/mol. The highest BCUT2D eigenvalue weighted by molar-refractivity contribution is 6.31. The molecular weight excluding hydrogens is 282 g/mol. The molecule has 0 saturated carbocycles. The standard InChI is InChI=1S/C13H14ClN3O3/c1-8(2-5-12(18)19)16-13(20)17-11-6-10(14)4-3-9(11)7-15/h3-4,6,8H,2,5H2,1H3,(H,18,19)(H2,16,17,20). The molecular formula is C13H14ClN3O3. The molecule has 0 aromatic heterocycles. The number of rotatable bonds is 5. The summed E-state index contributed by atoms with van der Waals surface area (Å²) in [6.45, 7) is 1.70. The summed E-state index contributed by atoms with van der Waals surface area (Å²) in [6, 6.07) is 5.67. The van der Waals surface area contributed by atoms with Crippen molar-refractivity contribution in [2.45, 2.75) is 25.8 Å². The lowest BCUT2D eigenvalue weighted by molar-refractivity contribution is -0.137. The Morgan fingerprint density at radius 1 is 1.50 bits per heavy atom. The van der Waals surface area contributed by atoms with Gasteiger partial charge in [-0.2, -0.15) is 5.26 Å². The Bertz CT molecular complexity index is 554. The summed E-state index contributed by atoms with van der Waals surface area (Å²) in [5.41, 5.74) is 0.602. The summed E-state index contributed by atoms with van der Waals surface area (Å²) in [5, 5.41) is 23.0. The van der Waals surface area contributed by atoms with E-state index in [-0.39, 0.29) is 12.5 Å². The molecule has 1 unspecified atom stereocenters. The number of halogens is 1. The molecule has 2 amide bonds. The smallest absolute Gasteiger partial charge is 0.319 e. The average molecular weight is 296 g/mol. The van der Waals surface area contributed by atoms with E-state index in [1.807, 2.05) is 6.07 Å². The van der Waals surface area contributed by atoms with Crippen LogP contribution in [0.3, 0.4) is 0 Å². The second kappa shape index (κ2) is 7.36. The Hall–Kier alpha value is -2.26. The van der Waals surface area contributed by atoms with Gasteiger partial charge in [-0.3, -0.25) is 4.79 Å². The number of urea groups is 1. The van der Waals surface area contributed by atoms with Crippen LogP contribution >= 0.6 is 11.6 Å². The number of hydrogen-bond acceptors (Lipinski definition) is 3. The number of aliphatic carboxylic acids is 1. The average Bonchev–Trinajstić information content (AvgIpc) is 2.36. The van der Waals surface area contributed by atoms with Gasteiger partial charge in [-0.1, -0.05) is 11.6 Å². The molecule has 6 nitrogen and oxygen atoms in total. The molecule has 0 spiro atoms. The molecule has 0 heterocycles. The molecule has 1 rings (SSSR count). The number of benzene rings is 1. The fraction of sp³-hybridized carbons (Fsp3) is 0.308. The number of amides is 2. The number of nitrogens with zero attached hydrogens (tertiary/aromatic N) is 1. The van der Waals surface area contributed by atoms with Crippen LogP contribution in [0.1, 0.15) is 25.3 Å². The third kappa shape index (κ3) is 5.16. The van der Waals surface area contributed by atoms with E-state index in [1.165, 1.54) is 12.1 Å². The Labute approximate surface area is 121 Å². The van der Waals surface area contributed by atoms with Gasteiger partial charge >= 0.3 is 12.0 Å². The number of nitrogens with one attached hydrogen (secondary N) is 2. The molecule has 7 heteroatoms. The number of nitriles is 1. The van der Waals surface area contributed by atoms with Crippen LogP contribution in [0.25, 0.3) is 0 Å². The molecule has 0 aliphatic heterocycles. The van der Waals surface area contributed by atoms with Crippen molar-refractivity contribution in [3.63, 3.8) is 0 Å². The molecule has 1 aromatic rings. The van der Waals surface area contributed by atoms with E-state index >= 15 is 0 Å². The van der Waals surface area contributed by atoms with Gasteiger partial charge in [-0.25, -0.2) is 4.79 Å². The molecule has 3 N–H and O–H groups in total. The Balaban J connectivity index is 2.60. The SMILES string of the molecule is CC(CCC(=O)O)NC(=O)Nc1cc(Cl)ccc1C#N. The number of carboxylic acid groups (broad SMARTS) is 1. The van der Waals surface area contributed by atoms with E-state index < -0.39 is 12.0 Å². The summed E-state index contributed by atoms with van der Waals surface area (Å²) in [6.07, 6.45) is 0.297. The van der Waals surface area contributed by atoms with Crippen LogP contribution < -0.4 is 10.6 Å². The van der Waals surface area contributed by atoms with Crippen molar-refractivity contribution < 1.29 is 14.7 Å². The second-order valence-corrected chi connectivity index (χ2v) is 4.67. The number of carbonyl (C=O) groups is 2. The molecule has 20 heavy (non-hydrogen) atoms. The van der Waals surface area contributed by atoms with Crippen LogP contribution in [0.4, 0.5) is 10.5 Å². The van der Waals surface area contributed by atoms with Crippen LogP contribution in [0.15, 0.2) is 18.2 Å². The first-order valence-electron chi connectivity index (χ1n) is 5.91. The molecule has 0 aliphatic rings. The Morgan fingerprint density at radius 3 is 2.80 bits per heavy atom. The van der Waals surface area contributed by atoms with Crippen LogP contribution in [0, 0.1) is 11.3 Å². The van der Waals surface area contributed by atoms with E-state index in [1.54, 1.807) is 13.0 Å². The van der Waals surface area contributed by atoms with Crippen LogP contribution in [0.5, 0.6) is 0 Å². The topological polar surface area (TPSA) is 102 Å². The van der Waals surface area contributed by atoms with Gasteiger partial charge in [0.2, 0.25) is 0 Å². The number of hydrogen-bond donors (Lipinski definition) is 3.